The predicted octanol–water partition coefficient (Wildman–Crippen LogP) is 0.175. The van der Waals surface area contributed by atoms with Crippen LogP contribution in [0.15, 0.2) is 24.5 Å². The summed E-state index contributed by atoms with van der Waals surface area (Å²) in [7, 11) is 0. The van der Waals surface area contributed by atoms with E-state index < -0.39 is 0 Å². The van der Waals surface area contributed by atoms with E-state index in [2.05, 4.69) is 25.3 Å². The molecule has 2 aromatic rings. The van der Waals surface area contributed by atoms with Crippen molar-refractivity contribution in [3.05, 3.63) is 24.5 Å². The maximum Gasteiger partial charge on any atom is 0.233 e. The predicted molar refractivity (Wildman–Crippen MR) is 56.2 cm³/mol. The van der Waals surface area contributed by atoms with Gasteiger partial charge in [-0.25, -0.2) is 0 Å². The lowest BCUT2D eigenvalue weighted by Gasteiger charge is -2.04. The van der Waals surface area contributed by atoms with Crippen LogP contribution >= 0.6 is 0 Å². The number of rotatable bonds is 2. The van der Waals surface area contributed by atoms with E-state index in [1.54, 1.807) is 24.5 Å². The van der Waals surface area contributed by atoms with Crippen LogP contribution in [0.25, 0.3) is 0 Å². The summed E-state index contributed by atoms with van der Waals surface area (Å²) in [6, 6.07) is 3.55. The van der Waals surface area contributed by atoms with E-state index in [1.165, 1.54) is 0 Å². The molecule has 2 aromatic heterocycles. The number of hydrogen-bond acceptors (Lipinski definition) is 7. The minimum absolute atomic E-state index is 0.0825. The Morgan fingerprint density at radius 3 is 2.13 bits per heavy atom. The van der Waals surface area contributed by atoms with Gasteiger partial charge in [0.15, 0.2) is 0 Å². The van der Waals surface area contributed by atoms with Crippen molar-refractivity contribution < 1.29 is 0 Å². The number of hydrogen-bond donors (Lipinski definition) is 3. The molecular weight excluding hydrogens is 194 g/mol. The first-order valence-electron chi connectivity index (χ1n) is 4.18. The first-order chi connectivity index (χ1) is 7.24. The summed E-state index contributed by atoms with van der Waals surface area (Å²) in [6.07, 6.45) is 3.30. The Hall–Kier alpha value is -2.44. The van der Waals surface area contributed by atoms with Crippen LogP contribution in [0, 0.1) is 0 Å². The Balaban J connectivity index is 2.25. The molecule has 0 saturated carbocycles. The standard InChI is InChI=1S/C8H9N7/c9-6-13-7(10)15-8(14-6)12-5-1-3-11-4-2-5/h1-4H,(H5,9,10,11,12,13,14,15). The summed E-state index contributed by atoms with van der Waals surface area (Å²) in [5.74, 6) is 0.476. The monoisotopic (exact) mass is 203 g/mol. The first-order valence-corrected chi connectivity index (χ1v) is 4.18. The maximum atomic E-state index is 5.42. The second kappa shape index (κ2) is 3.74. The number of nitrogens with one attached hydrogen (secondary N) is 1. The van der Waals surface area contributed by atoms with Crippen LogP contribution in [0.5, 0.6) is 0 Å². The molecule has 0 fully saturated rings. The van der Waals surface area contributed by atoms with Gasteiger partial charge in [-0.1, -0.05) is 0 Å². The highest BCUT2D eigenvalue weighted by molar-refractivity contribution is 5.53. The number of nitrogens with two attached hydrogens (primary N) is 2. The maximum absolute atomic E-state index is 5.42. The third-order valence-electron chi connectivity index (χ3n) is 1.61. The molecule has 0 radical (unpaired) electrons. The molecule has 76 valence electrons. The normalized spacial score (nSPS) is 9.87. The van der Waals surface area contributed by atoms with Gasteiger partial charge < -0.3 is 16.8 Å². The fourth-order valence-electron chi connectivity index (χ4n) is 1.03. The molecule has 7 nitrogen and oxygen atoms in total. The Kier molecular flexibility index (Phi) is 2.28. The summed E-state index contributed by atoms with van der Waals surface area (Å²) in [5, 5.41) is 2.92. The van der Waals surface area contributed by atoms with Crippen LogP contribution in [0.1, 0.15) is 0 Å². The summed E-state index contributed by atoms with van der Waals surface area (Å²) in [4.78, 5) is 15.3. The molecule has 2 rings (SSSR count). The van der Waals surface area contributed by atoms with Crippen molar-refractivity contribution in [3.8, 4) is 0 Å². The van der Waals surface area contributed by atoms with Crippen LogP contribution in [-0.4, -0.2) is 19.9 Å². The molecular formula is C8H9N7. The van der Waals surface area contributed by atoms with Crippen LogP contribution in [0.3, 0.4) is 0 Å². The van der Waals surface area contributed by atoms with E-state index in [9.17, 15) is 0 Å². The van der Waals surface area contributed by atoms with Crippen molar-refractivity contribution in [1.29, 1.82) is 0 Å². The van der Waals surface area contributed by atoms with Gasteiger partial charge in [-0.3, -0.25) is 4.98 Å². The zero-order valence-electron chi connectivity index (χ0n) is 7.75. The van der Waals surface area contributed by atoms with Crippen molar-refractivity contribution in [1.82, 2.24) is 19.9 Å². The van der Waals surface area contributed by atoms with Crippen molar-refractivity contribution in [2.24, 2.45) is 0 Å². The molecule has 0 aliphatic carbocycles. The Morgan fingerprint density at radius 2 is 1.53 bits per heavy atom. The molecule has 2 heterocycles. The summed E-state index contributed by atoms with van der Waals surface area (Å²) >= 11 is 0. The average molecular weight is 203 g/mol. The highest BCUT2D eigenvalue weighted by Crippen LogP contribution is 2.11. The highest BCUT2D eigenvalue weighted by Gasteiger charge is 2.01. The van der Waals surface area contributed by atoms with Gasteiger partial charge in [0.2, 0.25) is 17.8 Å². The second-order valence-electron chi connectivity index (χ2n) is 2.74. The van der Waals surface area contributed by atoms with Gasteiger partial charge in [0.25, 0.3) is 0 Å². The van der Waals surface area contributed by atoms with E-state index in [0.717, 1.165) is 5.69 Å². The molecule has 0 atom stereocenters. The lowest BCUT2D eigenvalue weighted by Crippen LogP contribution is -2.06. The number of nitrogen functional groups attached to an aromatic ring is 2. The molecule has 15 heavy (non-hydrogen) atoms. The van der Waals surface area contributed by atoms with E-state index in [0.29, 0.717) is 5.95 Å². The molecule has 0 unspecified atom stereocenters. The average Bonchev–Trinajstić information content (AvgIpc) is 2.17. The number of aromatic nitrogens is 4. The largest absolute Gasteiger partial charge is 0.368 e. The van der Waals surface area contributed by atoms with Gasteiger partial charge in [-0.2, -0.15) is 15.0 Å². The van der Waals surface area contributed by atoms with Crippen molar-refractivity contribution in [2.75, 3.05) is 16.8 Å². The van der Waals surface area contributed by atoms with E-state index in [-0.39, 0.29) is 11.9 Å². The zero-order chi connectivity index (χ0) is 10.7. The Labute approximate surface area is 85.6 Å². The SMILES string of the molecule is Nc1nc(N)nc(Nc2ccncc2)n1. The minimum atomic E-state index is 0.0825. The van der Waals surface area contributed by atoms with Crippen LogP contribution in [0.2, 0.25) is 0 Å². The molecule has 0 aromatic carbocycles. The number of anilines is 4. The van der Waals surface area contributed by atoms with Gasteiger partial charge in [0.05, 0.1) is 0 Å². The fourth-order valence-corrected chi connectivity index (χ4v) is 1.03. The summed E-state index contributed by atoms with van der Waals surface area (Å²) in [5.41, 5.74) is 11.6. The van der Waals surface area contributed by atoms with Gasteiger partial charge in [0, 0.05) is 18.1 Å². The lowest BCUT2D eigenvalue weighted by molar-refractivity contribution is 1.08. The second-order valence-corrected chi connectivity index (χ2v) is 2.74. The lowest BCUT2D eigenvalue weighted by atomic mass is 10.4. The number of pyridine rings is 1. The molecule has 0 saturated heterocycles. The molecule has 7 heteroatoms. The fraction of sp³-hybridized carbons (Fsp3) is 0. The summed E-state index contributed by atoms with van der Waals surface area (Å²) in [6.45, 7) is 0. The van der Waals surface area contributed by atoms with E-state index in [4.69, 9.17) is 11.5 Å². The van der Waals surface area contributed by atoms with Crippen LogP contribution in [0.4, 0.5) is 23.5 Å². The Morgan fingerprint density at radius 1 is 0.933 bits per heavy atom. The van der Waals surface area contributed by atoms with Crippen LogP contribution in [-0.2, 0) is 0 Å². The third-order valence-corrected chi connectivity index (χ3v) is 1.61. The van der Waals surface area contributed by atoms with Gasteiger partial charge in [0.1, 0.15) is 0 Å². The van der Waals surface area contributed by atoms with Gasteiger partial charge in [-0.15, -0.1) is 0 Å². The molecule has 0 spiro atoms. The van der Waals surface area contributed by atoms with Crippen molar-refractivity contribution >= 4 is 23.5 Å². The molecule has 0 aliphatic rings. The molecule has 0 amide bonds. The topological polar surface area (TPSA) is 116 Å². The molecule has 5 N–H and O–H groups in total. The number of nitrogens with zero attached hydrogens (tertiary/aromatic N) is 4. The van der Waals surface area contributed by atoms with Gasteiger partial charge in [-0.05, 0) is 12.1 Å². The van der Waals surface area contributed by atoms with Gasteiger partial charge >= 0.3 is 0 Å². The summed E-state index contributed by atoms with van der Waals surface area (Å²) < 4.78 is 0. The third kappa shape index (κ3) is 2.27. The van der Waals surface area contributed by atoms with Crippen molar-refractivity contribution in [3.63, 3.8) is 0 Å². The quantitative estimate of drug-likeness (QED) is 0.637. The zero-order valence-corrected chi connectivity index (χ0v) is 7.75. The molecule has 0 aliphatic heterocycles. The highest BCUT2D eigenvalue weighted by atomic mass is 15.2. The Bertz CT molecular complexity index is 436. The van der Waals surface area contributed by atoms with Crippen molar-refractivity contribution in [2.45, 2.75) is 0 Å². The van der Waals surface area contributed by atoms with E-state index in [1.807, 2.05) is 0 Å². The minimum Gasteiger partial charge on any atom is -0.368 e. The first kappa shape index (κ1) is 9.13. The molecule has 0 bridgehead atoms. The smallest absolute Gasteiger partial charge is 0.233 e. The van der Waals surface area contributed by atoms with E-state index >= 15 is 0 Å². The van der Waals surface area contributed by atoms with Crippen LogP contribution < -0.4 is 16.8 Å².